The van der Waals surface area contributed by atoms with Gasteiger partial charge in [-0.2, -0.15) is 0 Å². The predicted molar refractivity (Wildman–Crippen MR) is 69.2 cm³/mol. The van der Waals surface area contributed by atoms with Gasteiger partial charge in [-0.05, 0) is 19.8 Å². The van der Waals surface area contributed by atoms with E-state index in [4.69, 9.17) is 4.74 Å². The van der Waals surface area contributed by atoms with Crippen molar-refractivity contribution in [2.45, 2.75) is 38.6 Å². The number of nitrogens with zero attached hydrogens (tertiary/aromatic N) is 1. The molecule has 0 saturated heterocycles. The fourth-order valence-corrected chi connectivity index (χ4v) is 2.07. The summed E-state index contributed by atoms with van der Waals surface area (Å²) in [7, 11) is 0. The summed E-state index contributed by atoms with van der Waals surface area (Å²) < 4.78 is 4.84. The SMILES string of the molecule is C=CCN(CC(=O)OCC)C(=O)NC1CCCC1. The van der Waals surface area contributed by atoms with Crippen molar-refractivity contribution in [1.29, 1.82) is 0 Å². The highest BCUT2D eigenvalue weighted by Gasteiger charge is 2.22. The van der Waals surface area contributed by atoms with Crippen LogP contribution in [0.3, 0.4) is 0 Å². The standard InChI is InChI=1S/C13H22N2O3/c1-3-9-15(10-12(16)18-4-2)13(17)14-11-7-5-6-8-11/h3,11H,1,4-10H2,2H3,(H,14,17). The summed E-state index contributed by atoms with van der Waals surface area (Å²) in [6.07, 6.45) is 5.96. The minimum absolute atomic E-state index is 0.0294. The lowest BCUT2D eigenvalue weighted by Crippen LogP contribution is -2.46. The Morgan fingerprint density at radius 1 is 1.44 bits per heavy atom. The quantitative estimate of drug-likeness (QED) is 0.579. The molecule has 1 saturated carbocycles. The van der Waals surface area contributed by atoms with Gasteiger partial charge in [0.2, 0.25) is 0 Å². The molecule has 1 rings (SSSR count). The van der Waals surface area contributed by atoms with E-state index in [9.17, 15) is 9.59 Å². The molecule has 0 aromatic carbocycles. The van der Waals surface area contributed by atoms with E-state index in [0.717, 1.165) is 25.7 Å². The maximum absolute atomic E-state index is 12.0. The van der Waals surface area contributed by atoms with Crippen LogP contribution < -0.4 is 5.32 Å². The molecular formula is C13H22N2O3. The van der Waals surface area contributed by atoms with E-state index in [1.54, 1.807) is 13.0 Å². The summed E-state index contributed by atoms with van der Waals surface area (Å²) in [4.78, 5) is 24.8. The zero-order chi connectivity index (χ0) is 13.4. The highest BCUT2D eigenvalue weighted by Crippen LogP contribution is 2.17. The monoisotopic (exact) mass is 254 g/mol. The molecule has 0 atom stereocenters. The first-order valence-electron chi connectivity index (χ1n) is 6.49. The number of hydrogen-bond acceptors (Lipinski definition) is 3. The van der Waals surface area contributed by atoms with E-state index in [-0.39, 0.29) is 24.6 Å². The van der Waals surface area contributed by atoms with Gasteiger partial charge in [0.1, 0.15) is 6.54 Å². The number of ether oxygens (including phenoxy) is 1. The van der Waals surface area contributed by atoms with Gasteiger partial charge in [-0.1, -0.05) is 18.9 Å². The Labute approximate surface area is 108 Å². The van der Waals surface area contributed by atoms with Gasteiger partial charge in [0.05, 0.1) is 6.61 Å². The second kappa shape index (κ2) is 7.74. The molecule has 5 heteroatoms. The first kappa shape index (κ1) is 14.5. The van der Waals surface area contributed by atoms with Crippen LogP contribution in [0.15, 0.2) is 12.7 Å². The molecule has 1 aliphatic carbocycles. The molecule has 0 heterocycles. The maximum atomic E-state index is 12.0. The third-order valence-corrected chi connectivity index (χ3v) is 2.94. The number of carbonyl (C=O) groups is 2. The fourth-order valence-electron chi connectivity index (χ4n) is 2.07. The largest absolute Gasteiger partial charge is 0.465 e. The Kier molecular flexibility index (Phi) is 6.25. The molecule has 2 amide bonds. The van der Waals surface area contributed by atoms with E-state index in [1.165, 1.54) is 4.90 Å². The second-order valence-electron chi connectivity index (χ2n) is 4.41. The summed E-state index contributed by atoms with van der Waals surface area (Å²) >= 11 is 0. The van der Waals surface area contributed by atoms with Gasteiger partial charge < -0.3 is 15.0 Å². The molecule has 0 spiro atoms. The molecule has 5 nitrogen and oxygen atoms in total. The van der Waals surface area contributed by atoms with Crippen molar-refractivity contribution < 1.29 is 14.3 Å². The van der Waals surface area contributed by atoms with Crippen molar-refractivity contribution in [1.82, 2.24) is 10.2 Å². The van der Waals surface area contributed by atoms with Gasteiger partial charge in [-0.25, -0.2) is 4.79 Å². The fraction of sp³-hybridized carbons (Fsp3) is 0.692. The molecule has 0 aromatic rings. The van der Waals surface area contributed by atoms with Crippen molar-refractivity contribution in [3.05, 3.63) is 12.7 Å². The molecule has 1 N–H and O–H groups in total. The summed E-state index contributed by atoms with van der Waals surface area (Å²) in [6, 6.07) is 0.0295. The minimum atomic E-state index is -0.388. The zero-order valence-corrected chi connectivity index (χ0v) is 11.0. The molecule has 0 radical (unpaired) electrons. The summed E-state index contributed by atoms with van der Waals surface area (Å²) in [6.45, 7) is 5.98. The van der Waals surface area contributed by atoms with Crippen molar-refractivity contribution in [2.75, 3.05) is 19.7 Å². The molecule has 102 valence electrons. The highest BCUT2D eigenvalue weighted by molar-refractivity contribution is 5.81. The van der Waals surface area contributed by atoms with Crippen LogP contribution in [0.5, 0.6) is 0 Å². The van der Waals surface area contributed by atoms with Gasteiger partial charge >= 0.3 is 12.0 Å². The lowest BCUT2D eigenvalue weighted by molar-refractivity contribution is -0.143. The molecular weight excluding hydrogens is 232 g/mol. The Hall–Kier alpha value is -1.52. The minimum Gasteiger partial charge on any atom is -0.465 e. The molecule has 18 heavy (non-hydrogen) atoms. The summed E-state index contributed by atoms with van der Waals surface area (Å²) in [5.74, 6) is -0.388. The number of rotatable bonds is 6. The number of carbonyl (C=O) groups excluding carboxylic acids is 2. The smallest absolute Gasteiger partial charge is 0.325 e. The predicted octanol–water partition coefficient (Wildman–Crippen LogP) is 1.69. The van der Waals surface area contributed by atoms with Crippen LogP contribution in [-0.4, -0.2) is 42.6 Å². The van der Waals surface area contributed by atoms with E-state index in [1.807, 2.05) is 0 Å². The van der Waals surface area contributed by atoms with Crippen molar-refractivity contribution >= 4 is 12.0 Å². The summed E-state index contributed by atoms with van der Waals surface area (Å²) in [5, 5.41) is 2.94. The zero-order valence-electron chi connectivity index (χ0n) is 11.0. The van der Waals surface area contributed by atoms with Crippen LogP contribution >= 0.6 is 0 Å². The average Bonchev–Trinajstić information content (AvgIpc) is 2.81. The Balaban J connectivity index is 2.45. The Morgan fingerprint density at radius 2 is 2.11 bits per heavy atom. The van der Waals surface area contributed by atoms with Crippen LogP contribution in [0.1, 0.15) is 32.6 Å². The number of amides is 2. The highest BCUT2D eigenvalue weighted by atomic mass is 16.5. The van der Waals surface area contributed by atoms with Crippen LogP contribution in [0, 0.1) is 0 Å². The molecule has 0 unspecified atom stereocenters. The Bertz CT molecular complexity index is 299. The molecule has 0 bridgehead atoms. The Morgan fingerprint density at radius 3 is 2.67 bits per heavy atom. The van der Waals surface area contributed by atoms with E-state index in [0.29, 0.717) is 13.2 Å². The van der Waals surface area contributed by atoms with Gasteiger partial charge in [-0.15, -0.1) is 6.58 Å². The van der Waals surface area contributed by atoms with Crippen molar-refractivity contribution in [2.24, 2.45) is 0 Å². The van der Waals surface area contributed by atoms with E-state index < -0.39 is 0 Å². The van der Waals surface area contributed by atoms with Gasteiger partial charge in [0.15, 0.2) is 0 Å². The van der Waals surface area contributed by atoms with Crippen molar-refractivity contribution in [3.8, 4) is 0 Å². The summed E-state index contributed by atoms with van der Waals surface area (Å²) in [5.41, 5.74) is 0. The average molecular weight is 254 g/mol. The van der Waals surface area contributed by atoms with Crippen LogP contribution in [0.25, 0.3) is 0 Å². The van der Waals surface area contributed by atoms with E-state index in [2.05, 4.69) is 11.9 Å². The van der Waals surface area contributed by atoms with Crippen LogP contribution in [-0.2, 0) is 9.53 Å². The number of urea groups is 1. The van der Waals surface area contributed by atoms with Crippen LogP contribution in [0.4, 0.5) is 4.79 Å². The third kappa shape index (κ3) is 4.77. The first-order valence-corrected chi connectivity index (χ1v) is 6.49. The van der Waals surface area contributed by atoms with E-state index >= 15 is 0 Å². The molecule has 1 aliphatic rings. The third-order valence-electron chi connectivity index (χ3n) is 2.94. The van der Waals surface area contributed by atoms with Gasteiger partial charge in [-0.3, -0.25) is 4.79 Å². The van der Waals surface area contributed by atoms with Crippen LogP contribution in [0.2, 0.25) is 0 Å². The number of hydrogen-bond donors (Lipinski definition) is 1. The van der Waals surface area contributed by atoms with Gasteiger partial charge in [0.25, 0.3) is 0 Å². The topological polar surface area (TPSA) is 58.6 Å². The normalized spacial score (nSPS) is 15.2. The molecule has 1 fully saturated rings. The van der Waals surface area contributed by atoms with Crippen molar-refractivity contribution in [3.63, 3.8) is 0 Å². The number of nitrogens with one attached hydrogen (secondary N) is 1. The number of esters is 1. The molecule has 0 aliphatic heterocycles. The second-order valence-corrected chi connectivity index (χ2v) is 4.41. The molecule has 0 aromatic heterocycles. The first-order chi connectivity index (χ1) is 8.67. The lowest BCUT2D eigenvalue weighted by Gasteiger charge is -2.23. The maximum Gasteiger partial charge on any atom is 0.325 e. The lowest BCUT2D eigenvalue weighted by atomic mass is 10.2. The van der Waals surface area contributed by atoms with Gasteiger partial charge in [0, 0.05) is 12.6 Å².